The lowest BCUT2D eigenvalue weighted by molar-refractivity contribution is -0.141. The standard InChI is InChI=1S/C28H36N2O5/c1-3-5-11-20(16-26(31)29-17-19(10-4-2)27(32)33)30-28(34)35-18-25-23-14-8-6-12-21(23)22-13-7-9-15-24(22)25/h6-9,12-15,19-20,25H,3-5,10-11,16-18H2,1-2H3,(H,29,31)(H,30,34)(H,32,33). The number of ether oxygens (including phenoxy) is 1. The van der Waals surface area contributed by atoms with E-state index in [1.54, 1.807) is 0 Å². The molecule has 0 bridgehead atoms. The molecular weight excluding hydrogens is 444 g/mol. The third kappa shape index (κ3) is 7.07. The Morgan fingerprint density at radius 1 is 0.943 bits per heavy atom. The van der Waals surface area contributed by atoms with Crippen LogP contribution in [0.4, 0.5) is 4.79 Å². The van der Waals surface area contributed by atoms with Crippen LogP contribution in [0.15, 0.2) is 48.5 Å². The van der Waals surface area contributed by atoms with Gasteiger partial charge in [0.25, 0.3) is 0 Å². The number of fused-ring (bicyclic) bond motifs is 3. The number of alkyl carbamates (subject to hydrolysis) is 1. The van der Waals surface area contributed by atoms with Crippen LogP contribution in [0.3, 0.4) is 0 Å². The molecule has 2 aromatic carbocycles. The highest BCUT2D eigenvalue weighted by atomic mass is 16.5. The molecule has 188 valence electrons. The van der Waals surface area contributed by atoms with Gasteiger partial charge in [0, 0.05) is 24.9 Å². The van der Waals surface area contributed by atoms with Crippen molar-refractivity contribution >= 4 is 18.0 Å². The smallest absolute Gasteiger partial charge is 0.407 e. The van der Waals surface area contributed by atoms with Gasteiger partial charge in [0.15, 0.2) is 0 Å². The van der Waals surface area contributed by atoms with Gasteiger partial charge in [0.1, 0.15) is 6.61 Å². The summed E-state index contributed by atoms with van der Waals surface area (Å²) in [5.41, 5.74) is 4.61. The summed E-state index contributed by atoms with van der Waals surface area (Å²) >= 11 is 0. The Bertz CT molecular complexity index is 976. The summed E-state index contributed by atoms with van der Waals surface area (Å²) in [6.45, 7) is 4.26. The largest absolute Gasteiger partial charge is 0.481 e. The molecule has 2 aromatic rings. The first kappa shape index (κ1) is 26.3. The minimum Gasteiger partial charge on any atom is -0.481 e. The van der Waals surface area contributed by atoms with Crippen molar-refractivity contribution in [3.05, 3.63) is 59.7 Å². The lowest BCUT2D eigenvalue weighted by Gasteiger charge is -2.20. The first-order chi connectivity index (χ1) is 16.9. The highest BCUT2D eigenvalue weighted by Crippen LogP contribution is 2.44. The maximum Gasteiger partial charge on any atom is 0.407 e. The first-order valence-corrected chi connectivity index (χ1v) is 12.6. The van der Waals surface area contributed by atoms with Crippen LogP contribution in [-0.2, 0) is 14.3 Å². The summed E-state index contributed by atoms with van der Waals surface area (Å²) in [6.07, 6.45) is 3.21. The van der Waals surface area contributed by atoms with Gasteiger partial charge in [-0.15, -0.1) is 0 Å². The maximum atomic E-state index is 12.7. The van der Waals surface area contributed by atoms with E-state index in [1.165, 1.54) is 0 Å². The number of carbonyl (C=O) groups is 3. The van der Waals surface area contributed by atoms with E-state index in [1.807, 2.05) is 38.1 Å². The number of hydrogen-bond donors (Lipinski definition) is 3. The highest BCUT2D eigenvalue weighted by molar-refractivity contribution is 5.80. The van der Waals surface area contributed by atoms with Crippen LogP contribution in [0.25, 0.3) is 11.1 Å². The van der Waals surface area contributed by atoms with Gasteiger partial charge < -0.3 is 20.5 Å². The Balaban J connectivity index is 1.56. The predicted molar refractivity (Wildman–Crippen MR) is 135 cm³/mol. The van der Waals surface area contributed by atoms with E-state index < -0.39 is 18.0 Å². The van der Waals surface area contributed by atoms with Gasteiger partial charge in [-0.3, -0.25) is 9.59 Å². The second kappa shape index (κ2) is 12.9. The van der Waals surface area contributed by atoms with E-state index in [0.717, 1.165) is 41.5 Å². The molecule has 7 nitrogen and oxygen atoms in total. The fraction of sp³-hybridized carbons (Fsp3) is 0.464. The number of rotatable bonds is 13. The molecule has 3 N–H and O–H groups in total. The molecule has 7 heteroatoms. The molecule has 0 fully saturated rings. The number of amides is 2. The Kier molecular flexibility index (Phi) is 9.70. The topological polar surface area (TPSA) is 105 Å². The summed E-state index contributed by atoms with van der Waals surface area (Å²) < 4.78 is 5.63. The zero-order valence-electron chi connectivity index (χ0n) is 20.6. The summed E-state index contributed by atoms with van der Waals surface area (Å²) in [5, 5.41) is 14.8. The molecule has 1 aliphatic carbocycles. The van der Waals surface area contributed by atoms with E-state index >= 15 is 0 Å². The van der Waals surface area contributed by atoms with Crippen molar-refractivity contribution in [2.45, 2.75) is 64.3 Å². The van der Waals surface area contributed by atoms with E-state index in [2.05, 4.69) is 34.9 Å². The summed E-state index contributed by atoms with van der Waals surface area (Å²) in [7, 11) is 0. The van der Waals surface area contributed by atoms with Gasteiger partial charge in [-0.1, -0.05) is 81.6 Å². The maximum absolute atomic E-state index is 12.7. The molecule has 2 amide bonds. The van der Waals surface area contributed by atoms with Crippen LogP contribution in [0.1, 0.15) is 69.4 Å². The normalized spacial score (nSPS) is 13.9. The Morgan fingerprint density at radius 2 is 1.57 bits per heavy atom. The van der Waals surface area contributed by atoms with Crippen LogP contribution in [0.2, 0.25) is 0 Å². The highest BCUT2D eigenvalue weighted by Gasteiger charge is 2.29. The van der Waals surface area contributed by atoms with E-state index in [0.29, 0.717) is 12.8 Å². The van der Waals surface area contributed by atoms with Gasteiger partial charge in [0.2, 0.25) is 5.91 Å². The van der Waals surface area contributed by atoms with Crippen LogP contribution >= 0.6 is 0 Å². The third-order valence-electron chi connectivity index (χ3n) is 6.54. The number of unbranched alkanes of at least 4 members (excludes halogenated alkanes) is 1. The molecule has 2 unspecified atom stereocenters. The number of hydrogen-bond acceptors (Lipinski definition) is 4. The molecule has 0 heterocycles. The van der Waals surface area contributed by atoms with Crippen LogP contribution in [-0.4, -0.2) is 42.3 Å². The summed E-state index contributed by atoms with van der Waals surface area (Å²) in [6, 6.07) is 15.9. The van der Waals surface area contributed by atoms with Crippen molar-refractivity contribution in [2.24, 2.45) is 5.92 Å². The van der Waals surface area contributed by atoms with Crippen molar-refractivity contribution in [3.63, 3.8) is 0 Å². The van der Waals surface area contributed by atoms with Gasteiger partial charge in [0.05, 0.1) is 5.92 Å². The minimum atomic E-state index is -0.911. The summed E-state index contributed by atoms with van der Waals surface area (Å²) in [4.78, 5) is 36.5. The fourth-order valence-corrected chi connectivity index (χ4v) is 4.68. The lowest BCUT2D eigenvalue weighted by atomic mass is 9.98. The number of nitrogens with one attached hydrogen (secondary N) is 2. The quantitative estimate of drug-likeness (QED) is 0.370. The Hall–Kier alpha value is -3.35. The lowest BCUT2D eigenvalue weighted by Crippen LogP contribution is -2.41. The van der Waals surface area contributed by atoms with Crippen LogP contribution in [0.5, 0.6) is 0 Å². The van der Waals surface area contributed by atoms with Gasteiger partial charge >= 0.3 is 12.1 Å². The zero-order chi connectivity index (χ0) is 25.2. The van der Waals surface area contributed by atoms with Gasteiger partial charge in [-0.2, -0.15) is 0 Å². The van der Waals surface area contributed by atoms with Gasteiger partial charge in [-0.05, 0) is 35.1 Å². The molecule has 0 saturated heterocycles. The van der Waals surface area contributed by atoms with Crippen molar-refractivity contribution in [2.75, 3.05) is 13.2 Å². The molecule has 2 atom stereocenters. The molecular formula is C28H36N2O5. The van der Waals surface area contributed by atoms with Crippen LogP contribution in [0, 0.1) is 5.92 Å². The molecule has 1 aliphatic rings. The first-order valence-electron chi connectivity index (χ1n) is 12.6. The molecule has 0 saturated carbocycles. The van der Waals surface area contributed by atoms with E-state index in [9.17, 15) is 19.5 Å². The van der Waals surface area contributed by atoms with Crippen LogP contribution < -0.4 is 10.6 Å². The van der Waals surface area contributed by atoms with Crippen molar-refractivity contribution < 1.29 is 24.2 Å². The molecule has 3 rings (SSSR count). The second-order valence-corrected chi connectivity index (χ2v) is 9.14. The Labute approximate surface area is 207 Å². The fourth-order valence-electron chi connectivity index (χ4n) is 4.68. The number of carboxylic acids is 1. The molecule has 0 spiro atoms. The molecule has 35 heavy (non-hydrogen) atoms. The number of carbonyl (C=O) groups excluding carboxylic acids is 2. The second-order valence-electron chi connectivity index (χ2n) is 9.14. The van der Waals surface area contributed by atoms with E-state index in [4.69, 9.17) is 4.74 Å². The molecule has 0 radical (unpaired) electrons. The predicted octanol–water partition coefficient (Wildman–Crippen LogP) is 5.09. The molecule has 0 aromatic heterocycles. The number of benzene rings is 2. The third-order valence-corrected chi connectivity index (χ3v) is 6.54. The van der Waals surface area contributed by atoms with Crippen molar-refractivity contribution in [3.8, 4) is 11.1 Å². The summed E-state index contributed by atoms with van der Waals surface area (Å²) in [5.74, 6) is -1.82. The zero-order valence-corrected chi connectivity index (χ0v) is 20.6. The monoisotopic (exact) mass is 480 g/mol. The van der Waals surface area contributed by atoms with Crippen molar-refractivity contribution in [1.82, 2.24) is 10.6 Å². The molecule has 0 aliphatic heterocycles. The average molecular weight is 481 g/mol. The van der Waals surface area contributed by atoms with Crippen molar-refractivity contribution in [1.29, 1.82) is 0 Å². The number of carboxylic acid groups (broad SMARTS) is 1. The van der Waals surface area contributed by atoms with Gasteiger partial charge in [-0.25, -0.2) is 4.79 Å². The minimum absolute atomic E-state index is 0.0305. The van der Waals surface area contributed by atoms with E-state index in [-0.39, 0.29) is 37.4 Å². The number of aliphatic carboxylic acids is 1. The Morgan fingerprint density at radius 3 is 2.14 bits per heavy atom. The average Bonchev–Trinajstić information content (AvgIpc) is 3.17. The SMILES string of the molecule is CCCCC(CC(=O)NCC(CCC)C(=O)O)NC(=O)OCC1c2ccccc2-c2ccccc21.